The number of hydrogen-bond donors (Lipinski definition) is 1. The summed E-state index contributed by atoms with van der Waals surface area (Å²) in [4.78, 5) is 27.2. The number of halogens is 3. The lowest BCUT2D eigenvalue weighted by molar-refractivity contribution is -0.137. The number of nitrogens with one attached hydrogen (secondary N) is 1. The van der Waals surface area contributed by atoms with Crippen LogP contribution in [0.2, 0.25) is 0 Å². The maximum Gasteiger partial charge on any atom is 0.419 e. The number of fused-ring (bicyclic) bond motifs is 1. The van der Waals surface area contributed by atoms with Crippen LogP contribution >= 0.6 is 0 Å². The fourth-order valence-corrected chi connectivity index (χ4v) is 7.35. The highest BCUT2D eigenvalue weighted by Gasteiger charge is 2.38. The molecular formula is C34H36F3N7O6S. The lowest BCUT2D eigenvalue weighted by Gasteiger charge is -2.38. The number of carbonyl (C=O) groups excluding carboxylic acids is 1. The zero-order chi connectivity index (χ0) is 36.9. The molecule has 51 heavy (non-hydrogen) atoms. The minimum Gasteiger partial charge on any atom is -0.444 e. The molecule has 0 bridgehead atoms. The number of aryl methyl sites for hydroxylation is 2. The molecule has 270 valence electrons. The molecule has 5 heterocycles. The Balaban J connectivity index is 1.49. The molecule has 1 aliphatic heterocycles. The van der Waals surface area contributed by atoms with E-state index >= 15 is 0 Å². The molecule has 1 saturated heterocycles. The number of ether oxygens (including phenoxy) is 2. The molecule has 0 saturated carbocycles. The topological polar surface area (TPSA) is 155 Å². The summed E-state index contributed by atoms with van der Waals surface area (Å²) in [7, 11) is -2.88. The number of piperidine rings is 1. The number of pyridine rings is 1. The fraction of sp³-hybridized carbons (Fsp3) is 0.382. The summed E-state index contributed by atoms with van der Waals surface area (Å²) in [5.74, 6) is 0.236. The second kappa shape index (κ2) is 13.3. The van der Waals surface area contributed by atoms with Gasteiger partial charge in [0.05, 0.1) is 39.7 Å². The molecular weight excluding hydrogens is 691 g/mol. The van der Waals surface area contributed by atoms with Crippen LogP contribution in [-0.4, -0.2) is 81.4 Å². The molecule has 2 atom stereocenters. The predicted octanol–water partition coefficient (Wildman–Crippen LogP) is 6.46. The van der Waals surface area contributed by atoms with Crippen LogP contribution in [-0.2, 0) is 25.7 Å². The molecule has 6 rings (SSSR count). The van der Waals surface area contributed by atoms with Gasteiger partial charge in [-0.05, 0) is 65.3 Å². The van der Waals surface area contributed by atoms with Gasteiger partial charge in [-0.3, -0.25) is 0 Å². The van der Waals surface area contributed by atoms with E-state index in [0.29, 0.717) is 41.9 Å². The second-order valence-electron chi connectivity index (χ2n) is 13.1. The van der Waals surface area contributed by atoms with Gasteiger partial charge in [0.25, 0.3) is 10.0 Å². The maximum atomic E-state index is 14.6. The number of methoxy groups -OCH3 is 1. The summed E-state index contributed by atoms with van der Waals surface area (Å²) < 4.78 is 89.3. The molecule has 5 aromatic rings. The molecule has 0 spiro atoms. The molecule has 1 fully saturated rings. The van der Waals surface area contributed by atoms with E-state index in [2.05, 4.69) is 25.4 Å². The number of likely N-dealkylation sites (tertiary alicyclic amines) is 1. The third kappa shape index (κ3) is 7.12. The lowest BCUT2D eigenvalue weighted by Crippen LogP contribution is -2.53. The second-order valence-corrected chi connectivity index (χ2v) is 14.9. The monoisotopic (exact) mass is 727 g/mol. The summed E-state index contributed by atoms with van der Waals surface area (Å²) in [6.45, 7) is 9.03. The Kier molecular flexibility index (Phi) is 9.30. The number of nitrogens with zero attached hydrogens (tertiary/aromatic N) is 6. The van der Waals surface area contributed by atoms with Gasteiger partial charge in [0.1, 0.15) is 16.9 Å². The van der Waals surface area contributed by atoms with E-state index < -0.39 is 51.3 Å². The number of rotatable bonds is 7. The van der Waals surface area contributed by atoms with Crippen molar-refractivity contribution >= 4 is 33.1 Å². The Morgan fingerprint density at radius 2 is 1.78 bits per heavy atom. The van der Waals surface area contributed by atoms with Gasteiger partial charge in [0.2, 0.25) is 5.95 Å². The van der Waals surface area contributed by atoms with Crippen LogP contribution in [0.25, 0.3) is 33.5 Å². The van der Waals surface area contributed by atoms with E-state index in [4.69, 9.17) is 14.0 Å². The average molecular weight is 728 g/mol. The Morgan fingerprint density at radius 3 is 2.41 bits per heavy atom. The first-order valence-corrected chi connectivity index (χ1v) is 17.4. The Labute approximate surface area is 291 Å². The third-order valence-corrected chi connectivity index (χ3v) is 10.0. The first kappa shape index (κ1) is 35.8. The van der Waals surface area contributed by atoms with E-state index in [9.17, 15) is 26.4 Å². The van der Waals surface area contributed by atoms with Crippen LogP contribution in [0.15, 0.2) is 64.3 Å². The largest absolute Gasteiger partial charge is 0.444 e. The van der Waals surface area contributed by atoms with Crippen LogP contribution in [0.3, 0.4) is 0 Å². The van der Waals surface area contributed by atoms with Crippen LogP contribution in [0.5, 0.6) is 0 Å². The number of alkyl halides is 3. The molecule has 13 nitrogen and oxygen atoms in total. The van der Waals surface area contributed by atoms with Gasteiger partial charge in [0.15, 0.2) is 5.65 Å². The van der Waals surface area contributed by atoms with Crippen molar-refractivity contribution in [2.75, 3.05) is 25.5 Å². The molecule has 1 aromatic carbocycles. The lowest BCUT2D eigenvalue weighted by atomic mass is 10.0. The quantitative estimate of drug-likeness (QED) is 0.197. The van der Waals surface area contributed by atoms with E-state index in [1.165, 1.54) is 42.3 Å². The Hall–Kier alpha value is -5.03. The zero-order valence-corrected chi connectivity index (χ0v) is 29.5. The first-order chi connectivity index (χ1) is 24.0. The summed E-state index contributed by atoms with van der Waals surface area (Å²) in [6, 6.07) is 9.90. The third-order valence-electron chi connectivity index (χ3n) is 8.38. The van der Waals surface area contributed by atoms with Crippen LogP contribution in [0, 0.1) is 13.8 Å². The molecule has 1 N–H and O–H groups in total. The number of carbonyl (C=O) groups is 1. The molecule has 0 radical (unpaired) electrons. The fourth-order valence-electron chi connectivity index (χ4n) is 6.01. The van der Waals surface area contributed by atoms with Crippen molar-refractivity contribution in [3.63, 3.8) is 0 Å². The highest BCUT2D eigenvalue weighted by Crippen LogP contribution is 2.41. The number of anilines is 1. The van der Waals surface area contributed by atoms with Crippen LogP contribution in [0.1, 0.15) is 44.2 Å². The average Bonchev–Trinajstić information content (AvgIpc) is 3.62. The van der Waals surface area contributed by atoms with Gasteiger partial charge >= 0.3 is 12.3 Å². The summed E-state index contributed by atoms with van der Waals surface area (Å²) >= 11 is 0. The predicted molar refractivity (Wildman–Crippen MR) is 180 cm³/mol. The first-order valence-electron chi connectivity index (χ1n) is 16.0. The highest BCUT2D eigenvalue weighted by molar-refractivity contribution is 7.90. The van der Waals surface area contributed by atoms with Gasteiger partial charge in [0, 0.05) is 43.5 Å². The maximum absolute atomic E-state index is 14.6. The smallest absolute Gasteiger partial charge is 0.419 e. The van der Waals surface area contributed by atoms with Crippen molar-refractivity contribution in [3.8, 4) is 22.5 Å². The van der Waals surface area contributed by atoms with Crippen molar-refractivity contribution < 1.29 is 40.4 Å². The molecule has 1 amide bonds. The van der Waals surface area contributed by atoms with Gasteiger partial charge in [-0.25, -0.2) is 32.1 Å². The van der Waals surface area contributed by atoms with E-state index in [-0.39, 0.29) is 34.0 Å². The number of hydrogen-bond acceptors (Lipinski definition) is 11. The van der Waals surface area contributed by atoms with E-state index in [1.54, 1.807) is 46.8 Å². The zero-order valence-electron chi connectivity index (χ0n) is 28.6. The van der Waals surface area contributed by atoms with Gasteiger partial charge in [-0.15, -0.1) is 0 Å². The van der Waals surface area contributed by atoms with Crippen LogP contribution in [0.4, 0.5) is 23.9 Å². The molecule has 1 aliphatic rings. The standard InChI is InChI=1S/C34H36F3N7O6S/c1-19-28(20(2)50-42-19)25-13-12-22-23(17-44(30(22)39-25)51(46,47)21-10-8-7-9-11-21)29-24(34(35,36)37)16-38-31(41-29)40-26-18-43(15-14-27(26)48-6)32(45)49-33(3,4)5/h7-13,16-17,26-27H,14-15,18H2,1-6H3,(H,38,40,41). The Morgan fingerprint density at radius 1 is 1.06 bits per heavy atom. The van der Waals surface area contributed by atoms with Gasteiger partial charge < -0.3 is 24.2 Å². The number of amides is 1. The van der Waals surface area contributed by atoms with Crippen molar-refractivity contribution in [2.45, 2.75) is 69.9 Å². The summed E-state index contributed by atoms with van der Waals surface area (Å²) in [6.07, 6.45) is -3.78. The van der Waals surface area contributed by atoms with Gasteiger partial charge in [-0.1, -0.05) is 23.4 Å². The number of benzene rings is 1. The minimum atomic E-state index is -4.92. The normalized spacial score (nSPS) is 17.2. The van der Waals surface area contributed by atoms with Crippen molar-refractivity contribution in [2.24, 2.45) is 0 Å². The SMILES string of the molecule is COC1CCN(C(=O)OC(C)(C)C)CC1Nc1ncc(C(F)(F)F)c(-c2cn(S(=O)(=O)c3ccccc3)c3nc(-c4c(C)noc4C)ccc23)n1. The number of aromatic nitrogens is 5. The van der Waals surface area contributed by atoms with Gasteiger partial charge in [-0.2, -0.15) is 13.2 Å². The van der Waals surface area contributed by atoms with E-state index in [0.717, 1.165) is 10.2 Å². The van der Waals surface area contributed by atoms with Crippen LogP contribution < -0.4 is 5.32 Å². The minimum absolute atomic E-state index is 0.0868. The van der Waals surface area contributed by atoms with Crippen molar-refractivity contribution in [1.29, 1.82) is 0 Å². The van der Waals surface area contributed by atoms with Crippen molar-refractivity contribution in [1.82, 2.24) is 29.0 Å². The molecule has 4 aromatic heterocycles. The molecule has 17 heteroatoms. The Bertz CT molecular complexity index is 2180. The van der Waals surface area contributed by atoms with Crippen molar-refractivity contribution in [3.05, 3.63) is 71.9 Å². The summed E-state index contributed by atoms with van der Waals surface area (Å²) in [5.41, 5.74) is -1.46. The van der Waals surface area contributed by atoms with E-state index in [1.807, 2.05) is 0 Å². The molecule has 2 unspecified atom stereocenters. The molecule has 0 aliphatic carbocycles. The highest BCUT2D eigenvalue weighted by atomic mass is 32.2. The summed E-state index contributed by atoms with van der Waals surface area (Å²) in [5, 5.41) is 7.09.